The summed E-state index contributed by atoms with van der Waals surface area (Å²) in [5.41, 5.74) is 0.904. The molecule has 0 saturated heterocycles. The van der Waals surface area contributed by atoms with Gasteiger partial charge >= 0.3 is 0 Å². The van der Waals surface area contributed by atoms with Gasteiger partial charge in [-0.05, 0) is 30.3 Å². The van der Waals surface area contributed by atoms with Crippen LogP contribution in [-0.4, -0.2) is 15.1 Å². The van der Waals surface area contributed by atoms with E-state index in [1.807, 2.05) is 0 Å². The number of aromatic hydroxyl groups is 1. The highest BCUT2D eigenvalue weighted by molar-refractivity contribution is 6.35. The van der Waals surface area contributed by atoms with E-state index in [0.29, 0.717) is 16.5 Å². The smallest absolute Gasteiger partial charge is 0.163 e. The highest BCUT2D eigenvalue weighted by Crippen LogP contribution is 2.31. The molecule has 3 rings (SSSR count). The Labute approximate surface area is 123 Å². The van der Waals surface area contributed by atoms with Gasteiger partial charge in [-0.1, -0.05) is 29.3 Å². The van der Waals surface area contributed by atoms with Crippen LogP contribution in [0.25, 0.3) is 22.3 Å². The predicted molar refractivity (Wildman–Crippen MR) is 76.6 cm³/mol. The molecule has 1 N–H and O–H groups in total. The predicted octanol–water partition coefficient (Wildman–Crippen LogP) is 4.45. The number of halogens is 3. The van der Waals surface area contributed by atoms with E-state index in [1.165, 1.54) is 24.3 Å². The van der Waals surface area contributed by atoms with Crippen molar-refractivity contribution in [3.05, 3.63) is 52.4 Å². The lowest BCUT2D eigenvalue weighted by molar-refractivity contribution is 0.476. The molecular formula is C14H7Cl2FN2O. The number of hydrogen-bond acceptors (Lipinski definition) is 3. The van der Waals surface area contributed by atoms with Crippen molar-refractivity contribution in [1.82, 2.24) is 9.97 Å². The maximum atomic E-state index is 13.5. The summed E-state index contributed by atoms with van der Waals surface area (Å²) in [7, 11) is 0. The second-order valence-corrected chi connectivity index (χ2v) is 4.88. The van der Waals surface area contributed by atoms with Crippen LogP contribution in [0.5, 0.6) is 5.75 Å². The molecule has 0 atom stereocenters. The average molecular weight is 309 g/mol. The Hall–Kier alpha value is -1.91. The van der Waals surface area contributed by atoms with Gasteiger partial charge in [0.15, 0.2) is 5.82 Å². The van der Waals surface area contributed by atoms with Gasteiger partial charge in [0, 0.05) is 10.9 Å². The molecule has 0 fully saturated rings. The van der Waals surface area contributed by atoms with Crippen LogP contribution in [0.15, 0.2) is 36.4 Å². The minimum Gasteiger partial charge on any atom is -0.508 e. The Bertz CT molecular complexity index is 824. The Morgan fingerprint density at radius 1 is 1.05 bits per heavy atom. The summed E-state index contributed by atoms with van der Waals surface area (Å²) in [6.07, 6.45) is 0. The van der Waals surface area contributed by atoms with Crippen molar-refractivity contribution < 1.29 is 9.50 Å². The first-order valence-corrected chi connectivity index (χ1v) is 6.42. The van der Waals surface area contributed by atoms with Gasteiger partial charge in [-0.3, -0.25) is 0 Å². The van der Waals surface area contributed by atoms with Gasteiger partial charge in [-0.2, -0.15) is 0 Å². The van der Waals surface area contributed by atoms with Gasteiger partial charge < -0.3 is 5.11 Å². The average Bonchev–Trinajstić information content (AvgIpc) is 2.42. The standard InChI is InChI=1S/C14H7Cl2FN2O/c15-12-8(2-1-3-10(12)17)14-18-11-5-4-7(20)6-9(11)13(16)19-14/h1-6,20H. The zero-order valence-corrected chi connectivity index (χ0v) is 11.5. The molecule has 1 aromatic heterocycles. The number of nitrogens with zero attached hydrogens (tertiary/aromatic N) is 2. The fourth-order valence-corrected chi connectivity index (χ4v) is 2.32. The van der Waals surface area contributed by atoms with E-state index >= 15 is 0 Å². The number of hydrogen-bond donors (Lipinski definition) is 1. The third-order valence-electron chi connectivity index (χ3n) is 2.83. The molecule has 0 bridgehead atoms. The van der Waals surface area contributed by atoms with Crippen molar-refractivity contribution in [3.8, 4) is 17.1 Å². The van der Waals surface area contributed by atoms with Crippen LogP contribution in [0, 0.1) is 5.82 Å². The van der Waals surface area contributed by atoms with Gasteiger partial charge in [0.2, 0.25) is 0 Å². The monoisotopic (exact) mass is 308 g/mol. The van der Waals surface area contributed by atoms with Crippen molar-refractivity contribution >= 4 is 34.1 Å². The zero-order valence-electron chi connectivity index (χ0n) is 9.94. The van der Waals surface area contributed by atoms with Gasteiger partial charge in [-0.15, -0.1) is 0 Å². The quantitative estimate of drug-likeness (QED) is 0.676. The lowest BCUT2D eigenvalue weighted by atomic mass is 10.2. The second kappa shape index (κ2) is 4.89. The van der Waals surface area contributed by atoms with E-state index < -0.39 is 5.82 Å². The third-order valence-corrected chi connectivity index (χ3v) is 3.50. The van der Waals surface area contributed by atoms with Gasteiger partial charge in [0.05, 0.1) is 10.5 Å². The molecule has 0 spiro atoms. The summed E-state index contributed by atoms with van der Waals surface area (Å²) < 4.78 is 13.5. The molecule has 0 saturated carbocycles. The van der Waals surface area contributed by atoms with Crippen LogP contribution in [0.4, 0.5) is 4.39 Å². The maximum absolute atomic E-state index is 13.5. The van der Waals surface area contributed by atoms with Gasteiger partial charge in [0.1, 0.15) is 16.7 Å². The lowest BCUT2D eigenvalue weighted by Gasteiger charge is -2.07. The SMILES string of the molecule is Oc1ccc2nc(-c3cccc(F)c3Cl)nc(Cl)c2c1. The number of phenols is 1. The first kappa shape index (κ1) is 13.1. The largest absolute Gasteiger partial charge is 0.508 e. The molecule has 0 aliphatic carbocycles. The van der Waals surface area contributed by atoms with Crippen LogP contribution >= 0.6 is 23.2 Å². The van der Waals surface area contributed by atoms with E-state index in [-0.39, 0.29) is 21.7 Å². The summed E-state index contributed by atoms with van der Waals surface area (Å²) in [6.45, 7) is 0. The van der Waals surface area contributed by atoms with Crippen LogP contribution in [0.1, 0.15) is 0 Å². The first-order valence-electron chi connectivity index (χ1n) is 5.67. The maximum Gasteiger partial charge on any atom is 0.163 e. The second-order valence-electron chi connectivity index (χ2n) is 4.14. The lowest BCUT2D eigenvalue weighted by Crippen LogP contribution is -1.93. The number of fused-ring (bicyclic) bond motifs is 1. The molecule has 1 heterocycles. The summed E-state index contributed by atoms with van der Waals surface area (Å²) in [5.74, 6) is -0.244. The van der Waals surface area contributed by atoms with Gasteiger partial charge in [0.25, 0.3) is 0 Å². The molecule has 0 aliphatic rings. The molecule has 0 aliphatic heterocycles. The van der Waals surface area contributed by atoms with E-state index in [0.717, 1.165) is 0 Å². The Morgan fingerprint density at radius 3 is 2.65 bits per heavy atom. The van der Waals surface area contributed by atoms with E-state index in [4.69, 9.17) is 23.2 Å². The van der Waals surface area contributed by atoms with Crippen LogP contribution in [0.2, 0.25) is 10.2 Å². The molecule has 0 amide bonds. The van der Waals surface area contributed by atoms with Crippen molar-refractivity contribution in [2.45, 2.75) is 0 Å². The highest BCUT2D eigenvalue weighted by atomic mass is 35.5. The van der Waals surface area contributed by atoms with Crippen molar-refractivity contribution in [3.63, 3.8) is 0 Å². The van der Waals surface area contributed by atoms with Crippen LogP contribution < -0.4 is 0 Å². The molecule has 3 nitrogen and oxygen atoms in total. The number of phenolic OH excluding ortho intramolecular Hbond substituents is 1. The first-order chi connectivity index (χ1) is 9.56. The van der Waals surface area contributed by atoms with E-state index in [9.17, 15) is 9.50 Å². The van der Waals surface area contributed by atoms with Crippen molar-refractivity contribution in [1.29, 1.82) is 0 Å². The highest BCUT2D eigenvalue weighted by Gasteiger charge is 2.13. The van der Waals surface area contributed by atoms with Gasteiger partial charge in [-0.25, -0.2) is 14.4 Å². The molecule has 6 heteroatoms. The topological polar surface area (TPSA) is 46.0 Å². The third kappa shape index (κ3) is 2.17. The van der Waals surface area contributed by atoms with E-state index in [1.54, 1.807) is 12.1 Å². The summed E-state index contributed by atoms with van der Waals surface area (Å²) in [4.78, 5) is 8.40. The number of rotatable bonds is 1. The molecule has 20 heavy (non-hydrogen) atoms. The molecule has 0 radical (unpaired) electrons. The molecule has 2 aromatic carbocycles. The van der Waals surface area contributed by atoms with E-state index in [2.05, 4.69) is 9.97 Å². The molecule has 100 valence electrons. The fraction of sp³-hybridized carbons (Fsp3) is 0. The number of benzene rings is 2. The fourth-order valence-electron chi connectivity index (χ4n) is 1.88. The van der Waals surface area contributed by atoms with Crippen molar-refractivity contribution in [2.75, 3.05) is 0 Å². The zero-order chi connectivity index (χ0) is 14.3. The molecule has 3 aromatic rings. The van der Waals surface area contributed by atoms with Crippen LogP contribution in [0.3, 0.4) is 0 Å². The minimum atomic E-state index is -0.547. The van der Waals surface area contributed by atoms with Crippen molar-refractivity contribution in [2.24, 2.45) is 0 Å². The normalized spacial score (nSPS) is 10.9. The number of aromatic nitrogens is 2. The Balaban J connectivity index is 2.28. The Morgan fingerprint density at radius 2 is 1.85 bits per heavy atom. The Kier molecular flexibility index (Phi) is 3.20. The molecule has 0 unspecified atom stereocenters. The van der Waals surface area contributed by atoms with Crippen LogP contribution in [-0.2, 0) is 0 Å². The summed E-state index contributed by atoms with van der Waals surface area (Å²) in [5, 5.41) is 10.1. The molecular weight excluding hydrogens is 302 g/mol. The minimum absolute atomic E-state index is 0.0540. The summed E-state index contributed by atoms with van der Waals surface area (Å²) in [6, 6.07) is 8.96. The summed E-state index contributed by atoms with van der Waals surface area (Å²) >= 11 is 12.0.